The number of carbonyl (C=O) groups is 1. The highest BCUT2D eigenvalue weighted by Crippen LogP contribution is 2.20. The second-order valence-corrected chi connectivity index (χ2v) is 4.59. The Bertz CT molecular complexity index is 541. The van der Waals surface area contributed by atoms with E-state index in [0.717, 1.165) is 30.6 Å². The first-order valence-corrected chi connectivity index (χ1v) is 6.29. The van der Waals surface area contributed by atoms with E-state index in [4.69, 9.17) is 0 Å². The van der Waals surface area contributed by atoms with Gasteiger partial charge in [-0.25, -0.2) is 0 Å². The molecule has 0 saturated carbocycles. The number of rotatable bonds is 2. The zero-order valence-corrected chi connectivity index (χ0v) is 10.2. The molecule has 90 valence electrons. The van der Waals surface area contributed by atoms with Crippen LogP contribution in [-0.2, 0) is 0 Å². The molecule has 3 rings (SSSR count). The minimum atomic E-state index is 0.154. The van der Waals surface area contributed by atoms with Crippen LogP contribution < -0.4 is 0 Å². The highest BCUT2D eigenvalue weighted by atomic mass is 16.2. The third-order valence-corrected chi connectivity index (χ3v) is 3.38. The molecule has 0 atom stereocenters. The van der Waals surface area contributed by atoms with Crippen LogP contribution in [0.1, 0.15) is 16.8 Å². The Hall–Kier alpha value is -2.09. The average Bonchev–Trinajstić information content (AvgIpc) is 2.38. The number of hydrogen-bond acceptors (Lipinski definition) is 1. The van der Waals surface area contributed by atoms with Crippen molar-refractivity contribution in [2.24, 2.45) is 0 Å². The van der Waals surface area contributed by atoms with E-state index in [9.17, 15) is 4.79 Å². The highest BCUT2D eigenvalue weighted by molar-refractivity contribution is 5.95. The van der Waals surface area contributed by atoms with Crippen LogP contribution in [0.2, 0.25) is 0 Å². The second kappa shape index (κ2) is 4.65. The molecule has 0 radical (unpaired) electrons. The van der Waals surface area contributed by atoms with Gasteiger partial charge >= 0.3 is 0 Å². The van der Waals surface area contributed by atoms with Crippen LogP contribution in [0.15, 0.2) is 54.6 Å². The van der Waals surface area contributed by atoms with E-state index in [2.05, 4.69) is 12.1 Å². The molecule has 1 aliphatic heterocycles. The molecule has 0 spiro atoms. The van der Waals surface area contributed by atoms with Crippen LogP contribution in [0.4, 0.5) is 0 Å². The van der Waals surface area contributed by atoms with E-state index in [1.165, 1.54) is 5.56 Å². The predicted molar refractivity (Wildman–Crippen MR) is 72.4 cm³/mol. The molecule has 0 N–H and O–H groups in total. The van der Waals surface area contributed by atoms with Gasteiger partial charge in [0.05, 0.1) is 0 Å². The highest BCUT2D eigenvalue weighted by Gasteiger charge is 2.21. The molecule has 1 aliphatic rings. The van der Waals surface area contributed by atoms with Gasteiger partial charge in [0.1, 0.15) is 0 Å². The van der Waals surface area contributed by atoms with E-state index < -0.39 is 0 Å². The van der Waals surface area contributed by atoms with Crippen LogP contribution in [0.25, 0.3) is 11.1 Å². The lowest BCUT2D eigenvalue weighted by molar-refractivity contribution is 0.0652. The fourth-order valence-electron chi connectivity index (χ4n) is 2.14. The maximum absolute atomic E-state index is 12.0. The van der Waals surface area contributed by atoms with Crippen molar-refractivity contribution in [3.05, 3.63) is 60.2 Å². The van der Waals surface area contributed by atoms with Crippen LogP contribution in [0.3, 0.4) is 0 Å². The first-order valence-electron chi connectivity index (χ1n) is 6.29. The Kier molecular flexibility index (Phi) is 2.85. The zero-order valence-electron chi connectivity index (χ0n) is 10.2. The number of hydrogen-bond donors (Lipinski definition) is 0. The van der Waals surface area contributed by atoms with Gasteiger partial charge in [-0.1, -0.05) is 42.5 Å². The fraction of sp³-hybridized carbons (Fsp3) is 0.188. The smallest absolute Gasteiger partial charge is 0.253 e. The molecule has 1 fully saturated rings. The van der Waals surface area contributed by atoms with Crippen molar-refractivity contribution in [1.82, 2.24) is 4.90 Å². The number of amides is 1. The van der Waals surface area contributed by atoms with Gasteiger partial charge in [0.15, 0.2) is 0 Å². The van der Waals surface area contributed by atoms with Gasteiger partial charge < -0.3 is 4.90 Å². The van der Waals surface area contributed by atoms with Crippen molar-refractivity contribution in [3.63, 3.8) is 0 Å². The summed E-state index contributed by atoms with van der Waals surface area (Å²) < 4.78 is 0. The maximum Gasteiger partial charge on any atom is 0.253 e. The van der Waals surface area contributed by atoms with Crippen molar-refractivity contribution < 1.29 is 4.79 Å². The first kappa shape index (κ1) is 11.0. The van der Waals surface area contributed by atoms with Gasteiger partial charge in [-0.2, -0.15) is 0 Å². The lowest BCUT2D eigenvalue weighted by Gasteiger charge is -2.30. The Morgan fingerprint density at radius 2 is 1.44 bits per heavy atom. The molecular formula is C16H15NO. The van der Waals surface area contributed by atoms with Gasteiger partial charge in [0, 0.05) is 18.7 Å². The molecule has 0 unspecified atom stereocenters. The maximum atomic E-state index is 12.0. The van der Waals surface area contributed by atoms with Crippen molar-refractivity contribution in [2.45, 2.75) is 6.42 Å². The van der Waals surface area contributed by atoms with Crippen LogP contribution in [0.5, 0.6) is 0 Å². The van der Waals surface area contributed by atoms with Crippen molar-refractivity contribution in [2.75, 3.05) is 13.1 Å². The summed E-state index contributed by atoms with van der Waals surface area (Å²) in [6, 6.07) is 18.1. The van der Waals surface area contributed by atoms with Crippen molar-refractivity contribution in [3.8, 4) is 11.1 Å². The molecule has 2 nitrogen and oxygen atoms in total. The van der Waals surface area contributed by atoms with E-state index in [1.54, 1.807) is 0 Å². The fourth-order valence-corrected chi connectivity index (χ4v) is 2.14. The third kappa shape index (κ3) is 2.02. The molecule has 2 aromatic rings. The Morgan fingerprint density at radius 1 is 0.833 bits per heavy atom. The summed E-state index contributed by atoms with van der Waals surface area (Å²) in [5, 5.41) is 0. The minimum absolute atomic E-state index is 0.154. The quantitative estimate of drug-likeness (QED) is 0.785. The van der Waals surface area contributed by atoms with Crippen LogP contribution in [0, 0.1) is 0 Å². The number of nitrogens with zero attached hydrogens (tertiary/aromatic N) is 1. The predicted octanol–water partition coefficient (Wildman–Crippen LogP) is 3.20. The van der Waals surface area contributed by atoms with E-state index in [1.807, 2.05) is 47.4 Å². The van der Waals surface area contributed by atoms with E-state index >= 15 is 0 Å². The van der Waals surface area contributed by atoms with E-state index in [0.29, 0.717) is 0 Å². The molecular weight excluding hydrogens is 222 g/mol. The molecule has 1 amide bonds. The number of likely N-dealkylation sites (tertiary alicyclic amines) is 1. The lowest BCUT2D eigenvalue weighted by atomic mass is 10.0. The third-order valence-electron chi connectivity index (χ3n) is 3.38. The Balaban J connectivity index is 1.83. The summed E-state index contributed by atoms with van der Waals surface area (Å²) in [6.07, 6.45) is 1.13. The van der Waals surface area contributed by atoms with Gasteiger partial charge in [-0.3, -0.25) is 4.79 Å². The van der Waals surface area contributed by atoms with Gasteiger partial charge in [0.25, 0.3) is 5.91 Å². The lowest BCUT2D eigenvalue weighted by Crippen LogP contribution is -2.41. The Labute approximate surface area is 107 Å². The molecule has 18 heavy (non-hydrogen) atoms. The first-order chi connectivity index (χ1) is 8.84. The largest absolute Gasteiger partial charge is 0.339 e. The topological polar surface area (TPSA) is 20.3 Å². The molecule has 0 aromatic heterocycles. The SMILES string of the molecule is O=C(c1ccc(-c2ccccc2)cc1)N1CCC1. The molecule has 1 saturated heterocycles. The Morgan fingerprint density at radius 3 is 2.00 bits per heavy atom. The summed E-state index contributed by atoms with van der Waals surface area (Å²) in [5.74, 6) is 0.154. The summed E-state index contributed by atoms with van der Waals surface area (Å²) in [4.78, 5) is 13.9. The summed E-state index contributed by atoms with van der Waals surface area (Å²) in [5.41, 5.74) is 3.12. The van der Waals surface area contributed by atoms with Gasteiger partial charge in [-0.15, -0.1) is 0 Å². The van der Waals surface area contributed by atoms with Crippen molar-refractivity contribution >= 4 is 5.91 Å². The monoisotopic (exact) mass is 237 g/mol. The van der Waals surface area contributed by atoms with Crippen LogP contribution >= 0.6 is 0 Å². The number of benzene rings is 2. The summed E-state index contributed by atoms with van der Waals surface area (Å²) in [6.45, 7) is 1.80. The van der Waals surface area contributed by atoms with Gasteiger partial charge in [-0.05, 0) is 29.7 Å². The second-order valence-electron chi connectivity index (χ2n) is 4.59. The molecule has 1 heterocycles. The van der Waals surface area contributed by atoms with Crippen molar-refractivity contribution in [1.29, 1.82) is 0 Å². The standard InChI is InChI=1S/C16H15NO/c18-16(17-11-4-12-17)15-9-7-14(8-10-15)13-5-2-1-3-6-13/h1-3,5-10H,4,11-12H2. The molecule has 0 bridgehead atoms. The molecule has 0 aliphatic carbocycles. The summed E-state index contributed by atoms with van der Waals surface area (Å²) >= 11 is 0. The zero-order chi connectivity index (χ0) is 12.4. The number of carbonyl (C=O) groups excluding carboxylic acids is 1. The summed E-state index contributed by atoms with van der Waals surface area (Å²) in [7, 11) is 0. The van der Waals surface area contributed by atoms with Crippen LogP contribution in [-0.4, -0.2) is 23.9 Å². The molecule has 2 aromatic carbocycles. The minimum Gasteiger partial charge on any atom is -0.339 e. The average molecular weight is 237 g/mol. The van der Waals surface area contributed by atoms with Gasteiger partial charge in [0.2, 0.25) is 0 Å². The van der Waals surface area contributed by atoms with E-state index in [-0.39, 0.29) is 5.91 Å². The normalized spacial score (nSPS) is 14.1. The molecule has 2 heteroatoms.